The van der Waals surface area contributed by atoms with Crippen LogP contribution in [0, 0.1) is 0 Å². The zero-order chi connectivity index (χ0) is 23.9. The number of hydrogen-bond donors (Lipinski definition) is 0. The van der Waals surface area contributed by atoms with Crippen LogP contribution in [0.3, 0.4) is 0 Å². The smallest absolute Gasteiger partial charge is 0.0791 e. The number of pyridine rings is 1. The monoisotopic (exact) mass is 477 g/mol. The third kappa shape index (κ3) is 2.39. The summed E-state index contributed by atoms with van der Waals surface area (Å²) in [5.41, 5.74) is 13.0. The first-order chi connectivity index (χ1) is 17.8. The van der Waals surface area contributed by atoms with Crippen molar-refractivity contribution < 1.29 is 0 Å². The molecule has 168 valence electrons. The van der Waals surface area contributed by atoms with Crippen molar-refractivity contribution in [3.8, 4) is 33.5 Å². The quantitative estimate of drug-likeness (QED) is 0.230. The Kier molecular flexibility index (Phi) is 3.99. The van der Waals surface area contributed by atoms with Gasteiger partial charge in [0.1, 0.15) is 0 Å². The van der Waals surface area contributed by atoms with Gasteiger partial charge in [0.05, 0.1) is 16.6 Å². The molecule has 2 aliphatic rings. The topological polar surface area (TPSA) is 12.9 Å². The van der Waals surface area contributed by atoms with Crippen molar-refractivity contribution in [1.29, 1.82) is 0 Å². The first-order valence-corrected chi connectivity index (χ1v) is 12.6. The summed E-state index contributed by atoms with van der Waals surface area (Å²) in [4.78, 5) is 5.26. The second kappa shape index (κ2) is 7.16. The summed E-state index contributed by atoms with van der Waals surface area (Å²) in [5.74, 6) is 0. The highest BCUT2D eigenvalue weighted by atomic mass is 35.5. The lowest BCUT2D eigenvalue weighted by molar-refractivity contribution is 0.801. The van der Waals surface area contributed by atoms with Crippen LogP contribution in [-0.2, 0) is 5.41 Å². The van der Waals surface area contributed by atoms with E-state index in [9.17, 15) is 0 Å². The van der Waals surface area contributed by atoms with Crippen LogP contribution in [0.25, 0.3) is 44.4 Å². The molecule has 0 atom stereocenters. The first-order valence-electron chi connectivity index (χ1n) is 12.3. The van der Waals surface area contributed by atoms with E-state index in [1.807, 2.05) is 12.1 Å². The van der Waals surface area contributed by atoms with Crippen molar-refractivity contribution in [2.45, 2.75) is 5.41 Å². The molecule has 0 aliphatic heterocycles. The maximum absolute atomic E-state index is 6.53. The number of fused-ring (bicyclic) bond motifs is 12. The van der Waals surface area contributed by atoms with E-state index in [-0.39, 0.29) is 0 Å². The van der Waals surface area contributed by atoms with E-state index in [2.05, 4.69) is 109 Å². The predicted octanol–water partition coefficient (Wildman–Crippen LogP) is 8.90. The van der Waals surface area contributed by atoms with Crippen molar-refractivity contribution in [1.82, 2.24) is 4.98 Å². The Hall–Kier alpha value is -4.20. The highest BCUT2D eigenvalue weighted by Gasteiger charge is 2.53. The minimum atomic E-state index is -0.419. The van der Waals surface area contributed by atoms with Crippen molar-refractivity contribution in [3.63, 3.8) is 0 Å². The van der Waals surface area contributed by atoms with Crippen LogP contribution in [0.2, 0.25) is 5.02 Å². The zero-order valence-corrected chi connectivity index (χ0v) is 20.1. The Morgan fingerprint density at radius 3 is 1.78 bits per heavy atom. The van der Waals surface area contributed by atoms with Gasteiger partial charge in [-0.2, -0.15) is 0 Å². The minimum absolute atomic E-state index is 0.419. The molecule has 0 radical (unpaired) electrons. The standard InChI is InChI=1S/C34H20ClN/c35-22-18-19-26-30(20-22)36-33(21-10-2-1-3-11-21)31-25-14-6-9-17-29(25)34(32(26)31)27-15-7-4-12-23(27)24-13-5-8-16-28(24)34/h1-20H. The Morgan fingerprint density at radius 1 is 0.556 bits per heavy atom. The lowest BCUT2D eigenvalue weighted by Gasteiger charge is -2.31. The molecule has 5 aromatic carbocycles. The summed E-state index contributed by atoms with van der Waals surface area (Å²) < 4.78 is 0. The molecule has 1 spiro atoms. The van der Waals surface area contributed by atoms with Gasteiger partial charge >= 0.3 is 0 Å². The molecular formula is C34H20ClN. The number of hydrogen-bond acceptors (Lipinski definition) is 1. The Labute approximate surface area is 214 Å². The van der Waals surface area contributed by atoms with Crippen LogP contribution in [0.5, 0.6) is 0 Å². The largest absolute Gasteiger partial charge is 0.247 e. The Bertz CT molecular complexity index is 1810. The molecule has 0 bridgehead atoms. The van der Waals surface area contributed by atoms with Gasteiger partial charge in [0, 0.05) is 21.5 Å². The normalized spacial score (nSPS) is 13.9. The van der Waals surface area contributed by atoms with E-state index in [0.717, 1.165) is 22.2 Å². The Morgan fingerprint density at radius 2 is 1.11 bits per heavy atom. The number of halogens is 1. The minimum Gasteiger partial charge on any atom is -0.247 e. The molecule has 1 nitrogen and oxygen atoms in total. The van der Waals surface area contributed by atoms with Gasteiger partial charge in [-0.05, 0) is 51.1 Å². The average Bonchev–Trinajstić information content (AvgIpc) is 3.41. The fraction of sp³-hybridized carbons (Fsp3) is 0.0294. The molecule has 1 aromatic heterocycles. The molecule has 36 heavy (non-hydrogen) atoms. The molecule has 0 N–H and O–H groups in total. The Balaban J connectivity index is 1.66. The number of aromatic nitrogens is 1. The van der Waals surface area contributed by atoms with E-state index in [1.54, 1.807) is 0 Å². The number of benzene rings is 5. The van der Waals surface area contributed by atoms with Crippen molar-refractivity contribution in [2.75, 3.05) is 0 Å². The van der Waals surface area contributed by atoms with Gasteiger partial charge in [-0.1, -0.05) is 121 Å². The second-order valence-electron chi connectivity index (χ2n) is 9.62. The molecule has 0 saturated carbocycles. The maximum Gasteiger partial charge on any atom is 0.0791 e. The van der Waals surface area contributed by atoms with E-state index in [0.29, 0.717) is 5.02 Å². The van der Waals surface area contributed by atoms with E-state index >= 15 is 0 Å². The van der Waals surface area contributed by atoms with Crippen LogP contribution < -0.4 is 0 Å². The SMILES string of the molecule is Clc1ccc2c3c(c(-c4ccccc4)nc2c1)-c1ccccc1C31c2ccccc2-c2ccccc21. The van der Waals surface area contributed by atoms with Crippen LogP contribution in [0.1, 0.15) is 22.3 Å². The fourth-order valence-electron chi connectivity index (χ4n) is 6.65. The molecule has 0 amide bonds. The lowest BCUT2D eigenvalue weighted by Crippen LogP contribution is -2.26. The van der Waals surface area contributed by atoms with Gasteiger partial charge in [0.2, 0.25) is 0 Å². The lowest BCUT2D eigenvalue weighted by atomic mass is 9.69. The van der Waals surface area contributed by atoms with E-state index < -0.39 is 5.41 Å². The molecule has 6 aromatic rings. The molecule has 0 saturated heterocycles. The third-order valence-electron chi connectivity index (χ3n) is 7.92. The summed E-state index contributed by atoms with van der Waals surface area (Å²) in [7, 11) is 0. The number of nitrogens with zero attached hydrogens (tertiary/aromatic N) is 1. The van der Waals surface area contributed by atoms with Crippen molar-refractivity contribution in [2.24, 2.45) is 0 Å². The van der Waals surface area contributed by atoms with Gasteiger partial charge in [-0.25, -0.2) is 4.98 Å². The van der Waals surface area contributed by atoms with Gasteiger partial charge in [0.25, 0.3) is 0 Å². The molecule has 0 fully saturated rings. The average molecular weight is 478 g/mol. The maximum atomic E-state index is 6.53. The fourth-order valence-corrected chi connectivity index (χ4v) is 6.82. The van der Waals surface area contributed by atoms with Gasteiger partial charge < -0.3 is 0 Å². The molecule has 8 rings (SSSR count). The third-order valence-corrected chi connectivity index (χ3v) is 8.16. The van der Waals surface area contributed by atoms with Crippen molar-refractivity contribution >= 4 is 22.5 Å². The molecule has 0 unspecified atom stereocenters. The second-order valence-corrected chi connectivity index (χ2v) is 10.1. The summed E-state index contributed by atoms with van der Waals surface area (Å²) in [5, 5.41) is 1.85. The summed E-state index contributed by atoms with van der Waals surface area (Å²) in [6.45, 7) is 0. The predicted molar refractivity (Wildman–Crippen MR) is 148 cm³/mol. The van der Waals surface area contributed by atoms with Crippen LogP contribution in [0.4, 0.5) is 0 Å². The molecular weight excluding hydrogens is 458 g/mol. The molecule has 1 heterocycles. The summed E-state index contributed by atoms with van der Waals surface area (Å²) in [6.07, 6.45) is 0. The zero-order valence-electron chi connectivity index (χ0n) is 19.4. The first kappa shape index (κ1) is 20.0. The molecule has 2 heteroatoms. The van der Waals surface area contributed by atoms with Crippen LogP contribution in [-0.4, -0.2) is 4.98 Å². The summed E-state index contributed by atoms with van der Waals surface area (Å²) in [6, 6.07) is 43.4. The van der Waals surface area contributed by atoms with E-state index in [4.69, 9.17) is 16.6 Å². The van der Waals surface area contributed by atoms with Gasteiger partial charge in [-0.3, -0.25) is 0 Å². The van der Waals surface area contributed by atoms with Crippen LogP contribution in [0.15, 0.2) is 121 Å². The highest BCUT2D eigenvalue weighted by Crippen LogP contribution is 2.65. The summed E-state index contributed by atoms with van der Waals surface area (Å²) >= 11 is 6.53. The number of rotatable bonds is 1. The van der Waals surface area contributed by atoms with Gasteiger partial charge in [-0.15, -0.1) is 0 Å². The van der Waals surface area contributed by atoms with Gasteiger partial charge in [0.15, 0.2) is 0 Å². The highest BCUT2D eigenvalue weighted by molar-refractivity contribution is 6.31. The van der Waals surface area contributed by atoms with Crippen LogP contribution >= 0.6 is 11.6 Å². The molecule has 2 aliphatic carbocycles. The van der Waals surface area contributed by atoms with Crippen molar-refractivity contribution in [3.05, 3.63) is 149 Å². The van der Waals surface area contributed by atoms with E-state index in [1.165, 1.54) is 44.5 Å².